The van der Waals surface area contributed by atoms with Gasteiger partial charge in [0, 0.05) is 11.0 Å². The Hall–Kier alpha value is -0.380. The fourth-order valence-electron chi connectivity index (χ4n) is 1.29. The summed E-state index contributed by atoms with van der Waals surface area (Å²) in [6.45, 7) is 3.11. The van der Waals surface area contributed by atoms with Crippen LogP contribution < -0.4 is 0 Å². The third kappa shape index (κ3) is 3.40. The summed E-state index contributed by atoms with van der Waals surface area (Å²) in [5, 5.41) is 8.85. The quantitative estimate of drug-likeness (QED) is 0.837. The summed E-state index contributed by atoms with van der Waals surface area (Å²) in [5.74, 6) is 0. The zero-order valence-electron chi connectivity index (χ0n) is 8.63. The summed E-state index contributed by atoms with van der Waals surface area (Å²) < 4.78 is 1.12. The Kier molecular flexibility index (Phi) is 4.58. The van der Waals surface area contributed by atoms with Crippen LogP contribution in [0.1, 0.15) is 11.1 Å². The van der Waals surface area contributed by atoms with Crippen molar-refractivity contribution in [3.63, 3.8) is 0 Å². The third-order valence-electron chi connectivity index (χ3n) is 2.32. The number of halogens is 1. The van der Waals surface area contributed by atoms with Crippen molar-refractivity contribution < 1.29 is 5.11 Å². The number of aliphatic hydroxyl groups is 1. The highest BCUT2D eigenvalue weighted by Crippen LogP contribution is 2.16. The second kappa shape index (κ2) is 5.49. The first-order valence-corrected chi connectivity index (χ1v) is 5.47. The van der Waals surface area contributed by atoms with E-state index in [0.717, 1.165) is 17.4 Å². The molecule has 0 aliphatic heterocycles. The first-order valence-electron chi connectivity index (χ1n) is 4.68. The molecule has 0 aliphatic carbocycles. The van der Waals surface area contributed by atoms with Crippen LogP contribution in [0.4, 0.5) is 0 Å². The number of hydrogen-bond acceptors (Lipinski definition) is 2. The van der Waals surface area contributed by atoms with Crippen LogP contribution in [0.25, 0.3) is 0 Å². The molecular weight excluding hydrogens is 242 g/mol. The Labute approximate surface area is 93.7 Å². The van der Waals surface area contributed by atoms with Gasteiger partial charge >= 0.3 is 0 Å². The summed E-state index contributed by atoms with van der Waals surface area (Å²) >= 11 is 3.46. The lowest BCUT2D eigenvalue weighted by molar-refractivity contribution is 0.134. The highest BCUT2D eigenvalue weighted by Gasteiger charge is 2.01. The van der Waals surface area contributed by atoms with Gasteiger partial charge in [0.2, 0.25) is 0 Å². The van der Waals surface area contributed by atoms with E-state index in [0.29, 0.717) is 0 Å². The Morgan fingerprint density at radius 2 is 2.14 bits per heavy atom. The fraction of sp³-hybridized carbons (Fsp3) is 0.455. The molecule has 0 saturated carbocycles. The molecule has 1 aromatic carbocycles. The van der Waals surface area contributed by atoms with Crippen LogP contribution in [0, 0.1) is 6.92 Å². The van der Waals surface area contributed by atoms with Crippen molar-refractivity contribution in [1.29, 1.82) is 0 Å². The van der Waals surface area contributed by atoms with Gasteiger partial charge in [0.25, 0.3) is 0 Å². The first-order chi connectivity index (χ1) is 6.63. The van der Waals surface area contributed by atoms with Gasteiger partial charge in [0.05, 0.1) is 6.73 Å². The Balaban J connectivity index is 2.62. The van der Waals surface area contributed by atoms with Crippen LogP contribution in [-0.4, -0.2) is 30.3 Å². The molecule has 0 atom stereocenters. The monoisotopic (exact) mass is 257 g/mol. The number of benzene rings is 1. The van der Waals surface area contributed by atoms with Gasteiger partial charge in [0.15, 0.2) is 0 Å². The smallest absolute Gasteiger partial charge is 0.0954 e. The largest absolute Gasteiger partial charge is 0.381 e. The molecule has 0 heterocycles. The summed E-state index contributed by atoms with van der Waals surface area (Å²) in [4.78, 5) is 1.89. The maximum absolute atomic E-state index is 8.85. The number of likely N-dealkylation sites (N-methyl/N-ethyl adjacent to an activating group) is 1. The van der Waals surface area contributed by atoms with Gasteiger partial charge in [0.1, 0.15) is 0 Å². The lowest BCUT2D eigenvalue weighted by Crippen LogP contribution is -2.22. The number of aliphatic hydroxyl groups excluding tert-OH is 1. The second-order valence-electron chi connectivity index (χ2n) is 3.54. The van der Waals surface area contributed by atoms with Crippen molar-refractivity contribution in [2.45, 2.75) is 13.3 Å². The molecule has 0 aliphatic rings. The molecule has 0 spiro atoms. The number of nitrogens with zero attached hydrogens (tertiary/aromatic N) is 1. The summed E-state index contributed by atoms with van der Waals surface area (Å²) in [5.41, 5.74) is 2.64. The minimum absolute atomic E-state index is 0.118. The van der Waals surface area contributed by atoms with E-state index >= 15 is 0 Å². The van der Waals surface area contributed by atoms with E-state index in [-0.39, 0.29) is 6.73 Å². The maximum atomic E-state index is 8.85. The fourth-order valence-corrected chi connectivity index (χ4v) is 1.70. The zero-order chi connectivity index (χ0) is 10.6. The predicted octanol–water partition coefficient (Wildman–Crippen LogP) is 2.18. The topological polar surface area (TPSA) is 23.5 Å². The normalized spacial score (nSPS) is 10.9. The number of rotatable bonds is 4. The van der Waals surface area contributed by atoms with Crippen LogP contribution >= 0.6 is 15.9 Å². The molecule has 0 unspecified atom stereocenters. The minimum Gasteiger partial charge on any atom is -0.381 e. The number of aryl methyl sites for hydroxylation is 1. The molecule has 0 aromatic heterocycles. The van der Waals surface area contributed by atoms with Crippen molar-refractivity contribution in [3.05, 3.63) is 33.8 Å². The van der Waals surface area contributed by atoms with E-state index < -0.39 is 0 Å². The molecule has 1 N–H and O–H groups in total. The van der Waals surface area contributed by atoms with Crippen LogP contribution in [0.2, 0.25) is 0 Å². The summed E-state index contributed by atoms with van der Waals surface area (Å²) in [6.07, 6.45) is 0.975. The van der Waals surface area contributed by atoms with Gasteiger partial charge < -0.3 is 5.11 Å². The first kappa shape index (κ1) is 11.7. The molecule has 0 fully saturated rings. The molecular formula is C11H16BrNO. The SMILES string of the molecule is Cc1ccc(Br)cc1CCN(C)CO. The average molecular weight is 258 g/mol. The van der Waals surface area contributed by atoms with E-state index in [9.17, 15) is 0 Å². The van der Waals surface area contributed by atoms with Crippen LogP contribution in [-0.2, 0) is 6.42 Å². The zero-order valence-corrected chi connectivity index (χ0v) is 10.2. The van der Waals surface area contributed by atoms with Crippen molar-refractivity contribution in [2.75, 3.05) is 20.3 Å². The van der Waals surface area contributed by atoms with Gasteiger partial charge in [-0.3, -0.25) is 4.90 Å². The van der Waals surface area contributed by atoms with Crippen molar-refractivity contribution in [1.82, 2.24) is 4.90 Å². The van der Waals surface area contributed by atoms with Crippen molar-refractivity contribution in [2.24, 2.45) is 0 Å². The predicted molar refractivity (Wildman–Crippen MR) is 62.3 cm³/mol. The minimum atomic E-state index is 0.118. The molecule has 78 valence electrons. The van der Waals surface area contributed by atoms with Crippen LogP contribution in [0.3, 0.4) is 0 Å². The van der Waals surface area contributed by atoms with Gasteiger partial charge in [-0.25, -0.2) is 0 Å². The highest BCUT2D eigenvalue weighted by atomic mass is 79.9. The molecule has 0 amide bonds. The maximum Gasteiger partial charge on any atom is 0.0954 e. The second-order valence-corrected chi connectivity index (χ2v) is 4.46. The van der Waals surface area contributed by atoms with Crippen molar-refractivity contribution in [3.8, 4) is 0 Å². The lowest BCUT2D eigenvalue weighted by Gasteiger charge is -2.13. The van der Waals surface area contributed by atoms with Gasteiger partial charge in [-0.15, -0.1) is 0 Å². The van der Waals surface area contributed by atoms with E-state index in [4.69, 9.17) is 5.11 Å². The average Bonchev–Trinajstić information content (AvgIpc) is 2.19. The van der Waals surface area contributed by atoms with E-state index in [1.54, 1.807) is 0 Å². The van der Waals surface area contributed by atoms with Gasteiger partial charge in [-0.05, 0) is 43.7 Å². The van der Waals surface area contributed by atoms with E-state index in [1.165, 1.54) is 11.1 Å². The Bertz CT molecular complexity index is 301. The molecule has 3 heteroatoms. The molecule has 0 bridgehead atoms. The van der Waals surface area contributed by atoms with Crippen LogP contribution in [0.5, 0.6) is 0 Å². The van der Waals surface area contributed by atoms with Gasteiger partial charge in [-0.2, -0.15) is 0 Å². The molecule has 2 nitrogen and oxygen atoms in total. The van der Waals surface area contributed by atoms with E-state index in [2.05, 4.69) is 41.1 Å². The van der Waals surface area contributed by atoms with Crippen molar-refractivity contribution >= 4 is 15.9 Å². The summed E-state index contributed by atoms with van der Waals surface area (Å²) in [6, 6.07) is 6.30. The molecule has 0 radical (unpaired) electrons. The Morgan fingerprint density at radius 1 is 1.43 bits per heavy atom. The molecule has 14 heavy (non-hydrogen) atoms. The van der Waals surface area contributed by atoms with Crippen LogP contribution in [0.15, 0.2) is 22.7 Å². The van der Waals surface area contributed by atoms with E-state index in [1.807, 2.05) is 11.9 Å². The third-order valence-corrected chi connectivity index (χ3v) is 2.81. The number of hydrogen-bond donors (Lipinski definition) is 1. The Morgan fingerprint density at radius 3 is 2.79 bits per heavy atom. The molecule has 1 aromatic rings. The standard InChI is InChI=1S/C11H16BrNO/c1-9-3-4-11(12)7-10(9)5-6-13(2)8-14/h3-4,7,14H,5-6,8H2,1-2H3. The molecule has 1 rings (SSSR count). The lowest BCUT2D eigenvalue weighted by atomic mass is 10.1. The van der Waals surface area contributed by atoms with Gasteiger partial charge in [-0.1, -0.05) is 22.0 Å². The highest BCUT2D eigenvalue weighted by molar-refractivity contribution is 9.10. The summed E-state index contributed by atoms with van der Waals surface area (Å²) in [7, 11) is 1.91. The molecule has 0 saturated heterocycles.